The average molecular weight is 303 g/mol. The van der Waals surface area contributed by atoms with E-state index in [1.807, 2.05) is 26.0 Å². The highest BCUT2D eigenvalue weighted by Crippen LogP contribution is 2.18. The number of rotatable bonds is 8. The molecular weight excluding hydrogens is 284 g/mol. The van der Waals surface area contributed by atoms with E-state index < -0.39 is 0 Å². The van der Waals surface area contributed by atoms with Crippen molar-refractivity contribution in [1.29, 1.82) is 0 Å². The third kappa shape index (κ3) is 6.27. The molecule has 1 aromatic rings. The highest BCUT2D eigenvalue weighted by molar-refractivity contribution is 7.99. The number of hydrogen-bond acceptors (Lipinski definition) is 5. The predicted molar refractivity (Wildman–Crippen MR) is 78.7 cm³/mol. The van der Waals surface area contributed by atoms with Crippen LogP contribution < -0.4 is 5.32 Å². The maximum atomic E-state index is 11.7. The van der Waals surface area contributed by atoms with Gasteiger partial charge >= 0.3 is 5.97 Å². The summed E-state index contributed by atoms with van der Waals surface area (Å²) < 4.78 is 5.03. The lowest BCUT2D eigenvalue weighted by molar-refractivity contribution is -0.145. The second-order valence-electron chi connectivity index (χ2n) is 3.81. The molecule has 6 heteroatoms. The van der Waals surface area contributed by atoms with E-state index in [4.69, 9.17) is 16.3 Å². The number of aromatic nitrogens is 1. The van der Waals surface area contributed by atoms with Crippen molar-refractivity contribution in [2.24, 2.45) is 0 Å². The van der Waals surface area contributed by atoms with Crippen molar-refractivity contribution in [3.8, 4) is 0 Å². The number of esters is 1. The molecule has 0 fully saturated rings. The third-order valence-electron chi connectivity index (χ3n) is 2.38. The zero-order chi connectivity index (χ0) is 14.1. The van der Waals surface area contributed by atoms with E-state index in [0.717, 1.165) is 17.3 Å². The van der Waals surface area contributed by atoms with Crippen molar-refractivity contribution in [1.82, 2.24) is 10.3 Å². The minimum atomic E-state index is -0.246. The molecule has 0 saturated heterocycles. The molecule has 106 valence electrons. The normalized spacial score (nSPS) is 12.2. The number of hydrogen-bond donors (Lipinski definition) is 1. The Hall–Kier alpha value is -0.780. The van der Waals surface area contributed by atoms with Crippen molar-refractivity contribution in [2.75, 3.05) is 18.9 Å². The fraction of sp³-hybridized carbons (Fsp3) is 0.538. The molecule has 0 saturated carbocycles. The molecule has 1 N–H and O–H groups in total. The summed E-state index contributed by atoms with van der Waals surface area (Å²) in [6, 6.07) is 3.44. The average Bonchev–Trinajstić information content (AvgIpc) is 2.40. The summed E-state index contributed by atoms with van der Waals surface area (Å²) >= 11 is 7.37. The standard InChI is InChI=1S/C13H19ClN2O2S/c1-3-15-11(13(17)18-4-2)7-8-19-12-6-5-10(14)9-16-12/h5-6,9,11,15H,3-4,7-8H2,1-2H3. The number of nitrogens with one attached hydrogen (secondary N) is 1. The molecule has 0 radical (unpaired) electrons. The summed E-state index contributed by atoms with van der Waals surface area (Å²) in [5.74, 6) is 0.611. The van der Waals surface area contributed by atoms with Gasteiger partial charge in [0, 0.05) is 11.9 Å². The number of halogens is 1. The van der Waals surface area contributed by atoms with Crippen molar-refractivity contribution >= 4 is 29.3 Å². The van der Waals surface area contributed by atoms with Gasteiger partial charge in [0.05, 0.1) is 16.7 Å². The number of carbonyl (C=O) groups excluding carboxylic acids is 1. The fourth-order valence-corrected chi connectivity index (χ4v) is 2.49. The number of ether oxygens (including phenoxy) is 1. The molecule has 1 rings (SSSR count). The Kier molecular flexibility index (Phi) is 7.86. The second kappa shape index (κ2) is 9.18. The van der Waals surface area contributed by atoms with Gasteiger partial charge in [-0.15, -0.1) is 11.8 Å². The summed E-state index contributed by atoms with van der Waals surface area (Å²) in [5.41, 5.74) is 0. The zero-order valence-electron chi connectivity index (χ0n) is 11.2. The van der Waals surface area contributed by atoms with Crippen LogP contribution >= 0.6 is 23.4 Å². The third-order valence-corrected chi connectivity index (χ3v) is 3.58. The number of likely N-dealkylation sites (N-methyl/N-ethyl adjacent to an activating group) is 1. The summed E-state index contributed by atoms with van der Waals surface area (Å²) in [4.78, 5) is 15.9. The van der Waals surface area contributed by atoms with Gasteiger partial charge in [0.25, 0.3) is 0 Å². The molecular formula is C13H19ClN2O2S. The van der Waals surface area contributed by atoms with Crippen LogP contribution in [0, 0.1) is 0 Å². The van der Waals surface area contributed by atoms with Gasteiger partial charge in [-0.1, -0.05) is 18.5 Å². The van der Waals surface area contributed by atoms with Gasteiger partial charge in [0.15, 0.2) is 0 Å². The molecule has 1 heterocycles. The molecule has 0 amide bonds. The van der Waals surface area contributed by atoms with E-state index >= 15 is 0 Å². The van der Waals surface area contributed by atoms with Gasteiger partial charge < -0.3 is 10.1 Å². The Morgan fingerprint density at radius 2 is 2.32 bits per heavy atom. The van der Waals surface area contributed by atoms with Crippen LogP contribution in [0.25, 0.3) is 0 Å². The fourth-order valence-electron chi connectivity index (χ4n) is 1.52. The summed E-state index contributed by atoms with van der Waals surface area (Å²) in [6.07, 6.45) is 2.33. The summed E-state index contributed by atoms with van der Waals surface area (Å²) in [7, 11) is 0. The number of pyridine rings is 1. The quantitative estimate of drug-likeness (QED) is 0.591. The monoisotopic (exact) mass is 302 g/mol. The summed E-state index contributed by atoms with van der Waals surface area (Å²) in [6.45, 7) is 4.94. The van der Waals surface area contributed by atoms with Crippen LogP contribution in [0.1, 0.15) is 20.3 Å². The Morgan fingerprint density at radius 1 is 1.53 bits per heavy atom. The topological polar surface area (TPSA) is 51.2 Å². The molecule has 0 bridgehead atoms. The Balaban J connectivity index is 2.39. The van der Waals surface area contributed by atoms with Crippen LogP contribution in [0.2, 0.25) is 5.02 Å². The molecule has 1 atom stereocenters. The maximum Gasteiger partial charge on any atom is 0.323 e. The number of nitrogens with zero attached hydrogens (tertiary/aromatic N) is 1. The molecule has 4 nitrogen and oxygen atoms in total. The lowest BCUT2D eigenvalue weighted by Gasteiger charge is -2.15. The first-order valence-electron chi connectivity index (χ1n) is 6.31. The molecule has 1 aromatic heterocycles. The van der Waals surface area contributed by atoms with E-state index in [-0.39, 0.29) is 12.0 Å². The van der Waals surface area contributed by atoms with Crippen LogP contribution in [0.4, 0.5) is 0 Å². The lowest BCUT2D eigenvalue weighted by atomic mass is 10.2. The van der Waals surface area contributed by atoms with Crippen LogP contribution in [-0.4, -0.2) is 35.9 Å². The first-order valence-corrected chi connectivity index (χ1v) is 7.68. The van der Waals surface area contributed by atoms with Crippen molar-refractivity contribution in [2.45, 2.75) is 31.3 Å². The molecule has 0 aliphatic carbocycles. The number of carbonyl (C=O) groups is 1. The highest BCUT2D eigenvalue weighted by atomic mass is 35.5. The first kappa shape index (κ1) is 16.3. The smallest absolute Gasteiger partial charge is 0.323 e. The van der Waals surface area contributed by atoms with Crippen molar-refractivity contribution < 1.29 is 9.53 Å². The van der Waals surface area contributed by atoms with E-state index in [1.165, 1.54) is 0 Å². The predicted octanol–water partition coefficient (Wildman–Crippen LogP) is 2.76. The van der Waals surface area contributed by atoms with Gasteiger partial charge in [-0.05, 0) is 32.0 Å². The highest BCUT2D eigenvalue weighted by Gasteiger charge is 2.18. The molecule has 1 unspecified atom stereocenters. The zero-order valence-corrected chi connectivity index (χ0v) is 12.8. The molecule has 0 aliphatic heterocycles. The van der Waals surface area contributed by atoms with Gasteiger partial charge in [-0.3, -0.25) is 4.79 Å². The van der Waals surface area contributed by atoms with E-state index in [0.29, 0.717) is 18.1 Å². The van der Waals surface area contributed by atoms with E-state index in [1.54, 1.807) is 18.0 Å². The van der Waals surface area contributed by atoms with Gasteiger partial charge in [0.2, 0.25) is 0 Å². The number of thioether (sulfide) groups is 1. The van der Waals surface area contributed by atoms with E-state index in [2.05, 4.69) is 10.3 Å². The molecule has 0 aliphatic rings. The molecule has 19 heavy (non-hydrogen) atoms. The Bertz CT molecular complexity index is 387. The van der Waals surface area contributed by atoms with Gasteiger partial charge in [-0.2, -0.15) is 0 Å². The van der Waals surface area contributed by atoms with E-state index in [9.17, 15) is 4.79 Å². The van der Waals surface area contributed by atoms with Gasteiger partial charge in [-0.25, -0.2) is 4.98 Å². The summed E-state index contributed by atoms with van der Waals surface area (Å²) in [5, 5.41) is 4.67. The van der Waals surface area contributed by atoms with Crippen LogP contribution in [0.15, 0.2) is 23.4 Å². The minimum absolute atomic E-state index is 0.186. The largest absolute Gasteiger partial charge is 0.465 e. The lowest BCUT2D eigenvalue weighted by Crippen LogP contribution is -2.38. The maximum absolute atomic E-state index is 11.7. The van der Waals surface area contributed by atoms with Crippen molar-refractivity contribution in [3.63, 3.8) is 0 Å². The van der Waals surface area contributed by atoms with Crippen molar-refractivity contribution in [3.05, 3.63) is 23.4 Å². The Morgan fingerprint density at radius 3 is 2.89 bits per heavy atom. The SMILES string of the molecule is CCNC(CCSc1ccc(Cl)cn1)C(=O)OCC. The van der Waals surface area contributed by atoms with Crippen LogP contribution in [0.3, 0.4) is 0 Å². The molecule has 0 spiro atoms. The molecule has 0 aromatic carbocycles. The van der Waals surface area contributed by atoms with Gasteiger partial charge in [0.1, 0.15) is 6.04 Å². The van der Waals surface area contributed by atoms with Crippen LogP contribution in [-0.2, 0) is 9.53 Å². The second-order valence-corrected chi connectivity index (χ2v) is 5.37. The minimum Gasteiger partial charge on any atom is -0.465 e. The Labute approximate surface area is 123 Å². The first-order chi connectivity index (χ1) is 9.17. The van der Waals surface area contributed by atoms with Crippen LogP contribution in [0.5, 0.6) is 0 Å².